The molecular weight excluding hydrogens is 369 g/mol. The first kappa shape index (κ1) is 18.2. The number of hydrogen-bond donors (Lipinski definition) is 1. The van der Waals surface area contributed by atoms with Crippen LogP contribution in [0.15, 0.2) is 18.2 Å². The van der Waals surface area contributed by atoms with E-state index < -0.39 is 22.1 Å². The fourth-order valence-electron chi connectivity index (χ4n) is 2.84. The van der Waals surface area contributed by atoms with Gasteiger partial charge in [0.2, 0.25) is 0 Å². The lowest BCUT2D eigenvalue weighted by Crippen LogP contribution is -2.41. The molecule has 0 unspecified atom stereocenters. The largest absolute Gasteiger partial charge is 0.280 e. The lowest BCUT2D eigenvalue weighted by atomic mass is 10.1. The second-order valence-corrected chi connectivity index (χ2v) is 8.23. The first-order valence-corrected chi connectivity index (χ1v) is 9.67. The number of rotatable bonds is 5. The minimum Gasteiger partial charge on any atom is -0.248 e. The lowest BCUT2D eigenvalue weighted by molar-refractivity contribution is 0.382. The highest BCUT2D eigenvalue weighted by Crippen LogP contribution is 2.25. The Morgan fingerprint density at radius 2 is 2.24 bits per heavy atom. The van der Waals surface area contributed by atoms with Gasteiger partial charge in [0.1, 0.15) is 17.5 Å². The van der Waals surface area contributed by atoms with E-state index in [4.69, 9.17) is 11.6 Å². The summed E-state index contributed by atoms with van der Waals surface area (Å²) in [4.78, 5) is 4.31. The highest BCUT2D eigenvalue weighted by molar-refractivity contribution is 7.87. The minimum atomic E-state index is -3.85. The standard InChI is InChI=1S/C15H19ClFN5O2S/c1-10-18-15-14(7-4-8-22(15)19-10)20-25(23,24)21(2)9-11-12(16)5-3-6-13(11)17/h3,5-6,14,20H,4,7-9H2,1-2H3/t14-/m0/s1. The van der Waals surface area contributed by atoms with E-state index in [0.717, 1.165) is 17.3 Å². The maximum Gasteiger partial charge on any atom is 0.280 e. The molecule has 0 aliphatic carbocycles. The highest BCUT2D eigenvalue weighted by atomic mass is 35.5. The zero-order valence-corrected chi connectivity index (χ0v) is 15.5. The number of hydrogen-bond acceptors (Lipinski definition) is 4. The van der Waals surface area contributed by atoms with Crippen LogP contribution in [0, 0.1) is 12.7 Å². The summed E-state index contributed by atoms with van der Waals surface area (Å²) in [5.74, 6) is 0.667. The maximum absolute atomic E-state index is 13.9. The zero-order valence-electron chi connectivity index (χ0n) is 13.9. The van der Waals surface area contributed by atoms with Crippen molar-refractivity contribution in [2.45, 2.75) is 38.9 Å². The van der Waals surface area contributed by atoms with Crippen molar-refractivity contribution in [1.82, 2.24) is 23.8 Å². The number of nitrogens with zero attached hydrogens (tertiary/aromatic N) is 4. The van der Waals surface area contributed by atoms with Crippen molar-refractivity contribution in [2.24, 2.45) is 0 Å². The van der Waals surface area contributed by atoms with E-state index in [2.05, 4.69) is 14.8 Å². The molecule has 1 aliphatic rings. The third-order valence-electron chi connectivity index (χ3n) is 4.12. The molecule has 3 rings (SSSR count). The normalized spacial score (nSPS) is 17.7. The van der Waals surface area contributed by atoms with Gasteiger partial charge in [-0.05, 0) is 31.9 Å². The number of fused-ring (bicyclic) bond motifs is 1. The van der Waals surface area contributed by atoms with Crippen molar-refractivity contribution < 1.29 is 12.8 Å². The van der Waals surface area contributed by atoms with Crippen LogP contribution in [0.1, 0.15) is 36.1 Å². The van der Waals surface area contributed by atoms with Crippen LogP contribution < -0.4 is 4.72 Å². The Bertz CT molecular complexity index is 866. The second-order valence-electron chi connectivity index (χ2n) is 6.01. The molecule has 2 aromatic rings. The van der Waals surface area contributed by atoms with Gasteiger partial charge in [-0.25, -0.2) is 14.1 Å². The third-order valence-corrected chi connectivity index (χ3v) is 6.01. The van der Waals surface area contributed by atoms with Crippen molar-refractivity contribution in [3.8, 4) is 0 Å². The molecule has 0 spiro atoms. The molecule has 0 amide bonds. The Labute approximate surface area is 151 Å². The van der Waals surface area contributed by atoms with Gasteiger partial charge in [0.05, 0.1) is 6.04 Å². The molecule has 7 nitrogen and oxygen atoms in total. The molecule has 10 heteroatoms. The van der Waals surface area contributed by atoms with Gasteiger partial charge in [-0.3, -0.25) is 0 Å². The van der Waals surface area contributed by atoms with Gasteiger partial charge in [-0.2, -0.15) is 22.5 Å². The van der Waals surface area contributed by atoms with Gasteiger partial charge in [-0.15, -0.1) is 0 Å². The summed E-state index contributed by atoms with van der Waals surface area (Å²) in [5, 5.41) is 4.45. The van der Waals surface area contributed by atoms with E-state index in [1.54, 1.807) is 11.6 Å². The summed E-state index contributed by atoms with van der Waals surface area (Å²) < 4.78 is 44.6. The molecule has 1 atom stereocenters. The Kier molecular flexibility index (Phi) is 5.10. The summed E-state index contributed by atoms with van der Waals surface area (Å²) in [6, 6.07) is 3.80. The molecule has 0 bridgehead atoms. The van der Waals surface area contributed by atoms with E-state index in [1.807, 2.05) is 0 Å². The van der Waals surface area contributed by atoms with Crippen LogP contribution in [0.5, 0.6) is 0 Å². The Morgan fingerprint density at radius 1 is 1.48 bits per heavy atom. The van der Waals surface area contributed by atoms with Gasteiger partial charge in [0.15, 0.2) is 0 Å². The van der Waals surface area contributed by atoms with Crippen LogP contribution in [-0.4, -0.2) is 34.5 Å². The van der Waals surface area contributed by atoms with E-state index >= 15 is 0 Å². The summed E-state index contributed by atoms with van der Waals surface area (Å²) in [6.45, 7) is 2.32. The van der Waals surface area contributed by atoms with Crippen molar-refractivity contribution in [3.63, 3.8) is 0 Å². The van der Waals surface area contributed by atoms with Gasteiger partial charge in [0, 0.05) is 30.7 Å². The van der Waals surface area contributed by atoms with E-state index in [0.29, 0.717) is 18.1 Å². The SMILES string of the molecule is Cc1nc2n(n1)CCC[C@@H]2NS(=O)(=O)N(C)Cc1c(F)cccc1Cl. The molecule has 0 saturated carbocycles. The van der Waals surface area contributed by atoms with Crippen LogP contribution >= 0.6 is 11.6 Å². The topological polar surface area (TPSA) is 80.1 Å². The van der Waals surface area contributed by atoms with Crippen LogP contribution in [0.25, 0.3) is 0 Å². The van der Waals surface area contributed by atoms with Crippen LogP contribution in [0.4, 0.5) is 4.39 Å². The predicted molar refractivity (Wildman–Crippen MR) is 91.7 cm³/mol. The molecule has 1 N–H and O–H groups in total. The lowest BCUT2D eigenvalue weighted by Gasteiger charge is -2.26. The molecular formula is C15H19ClFN5O2S. The van der Waals surface area contributed by atoms with Gasteiger partial charge >= 0.3 is 0 Å². The first-order chi connectivity index (χ1) is 11.8. The van der Waals surface area contributed by atoms with Crippen molar-refractivity contribution in [2.75, 3.05) is 7.05 Å². The molecule has 2 heterocycles. The van der Waals surface area contributed by atoms with Crippen molar-refractivity contribution in [3.05, 3.63) is 46.3 Å². The quantitative estimate of drug-likeness (QED) is 0.852. The Morgan fingerprint density at radius 3 is 2.96 bits per heavy atom. The number of aromatic nitrogens is 3. The van der Waals surface area contributed by atoms with E-state index in [-0.39, 0.29) is 17.1 Å². The van der Waals surface area contributed by atoms with Gasteiger partial charge in [0.25, 0.3) is 10.2 Å². The van der Waals surface area contributed by atoms with Crippen LogP contribution in [0.3, 0.4) is 0 Å². The summed E-state index contributed by atoms with van der Waals surface area (Å²) in [7, 11) is -2.47. The molecule has 136 valence electrons. The van der Waals surface area contributed by atoms with Gasteiger partial charge < -0.3 is 0 Å². The fraction of sp³-hybridized carbons (Fsp3) is 0.467. The second kappa shape index (κ2) is 6.99. The third kappa shape index (κ3) is 3.84. The van der Waals surface area contributed by atoms with Crippen LogP contribution in [-0.2, 0) is 23.3 Å². The summed E-state index contributed by atoms with van der Waals surface area (Å²) >= 11 is 5.98. The zero-order chi connectivity index (χ0) is 18.2. The summed E-state index contributed by atoms with van der Waals surface area (Å²) in [6.07, 6.45) is 1.43. The smallest absolute Gasteiger partial charge is 0.248 e. The number of halogens is 2. The Balaban J connectivity index is 1.78. The van der Waals surface area contributed by atoms with Crippen LogP contribution in [0.2, 0.25) is 5.02 Å². The minimum absolute atomic E-state index is 0.139. The monoisotopic (exact) mass is 387 g/mol. The molecule has 0 fully saturated rings. The molecule has 1 aliphatic heterocycles. The number of benzene rings is 1. The number of nitrogens with one attached hydrogen (secondary N) is 1. The van der Waals surface area contributed by atoms with E-state index in [9.17, 15) is 12.8 Å². The summed E-state index contributed by atoms with van der Waals surface area (Å²) in [5.41, 5.74) is 0.139. The predicted octanol–water partition coefficient (Wildman–Crippen LogP) is 2.18. The molecule has 0 radical (unpaired) electrons. The fourth-order valence-corrected chi connectivity index (χ4v) is 4.13. The first-order valence-electron chi connectivity index (χ1n) is 7.86. The van der Waals surface area contributed by atoms with Gasteiger partial charge in [-0.1, -0.05) is 17.7 Å². The molecule has 1 aromatic heterocycles. The average molecular weight is 388 g/mol. The Hall–Kier alpha value is -1.55. The maximum atomic E-state index is 13.9. The molecule has 25 heavy (non-hydrogen) atoms. The van der Waals surface area contributed by atoms with Crippen molar-refractivity contribution in [1.29, 1.82) is 0 Å². The average Bonchev–Trinajstić information content (AvgIpc) is 2.92. The molecule has 0 saturated heterocycles. The molecule has 1 aromatic carbocycles. The number of aryl methyl sites for hydroxylation is 2. The highest BCUT2D eigenvalue weighted by Gasteiger charge is 2.30. The van der Waals surface area contributed by atoms with Crippen molar-refractivity contribution >= 4 is 21.8 Å². The van der Waals surface area contributed by atoms with E-state index in [1.165, 1.54) is 25.2 Å².